The van der Waals surface area contributed by atoms with Crippen molar-refractivity contribution in [3.05, 3.63) is 0 Å². The maximum atomic E-state index is 13.8. The number of carboxylic acids is 1. The van der Waals surface area contributed by atoms with Crippen LogP contribution in [-0.4, -0.2) is 97.2 Å². The van der Waals surface area contributed by atoms with Gasteiger partial charge in [-0.05, 0) is 68.1 Å². The molecular formula is C27H40O11. The summed E-state index contributed by atoms with van der Waals surface area (Å²) in [5, 5.41) is 61.3. The highest BCUT2D eigenvalue weighted by molar-refractivity contribution is 5.92. The predicted octanol–water partition coefficient (Wildman–Crippen LogP) is -0.222. The van der Waals surface area contributed by atoms with E-state index in [4.69, 9.17) is 9.47 Å². The van der Waals surface area contributed by atoms with E-state index in [1.807, 2.05) is 0 Å². The molecule has 0 spiro atoms. The number of aliphatic hydroxyl groups excluding tert-OH is 4. The monoisotopic (exact) mass is 540 g/mol. The normalized spacial score (nSPS) is 52.6. The van der Waals surface area contributed by atoms with Gasteiger partial charge in [0.05, 0.1) is 6.10 Å². The molecule has 0 radical (unpaired) electrons. The van der Waals surface area contributed by atoms with Crippen molar-refractivity contribution in [2.75, 3.05) is 6.61 Å². The van der Waals surface area contributed by atoms with E-state index in [-0.39, 0.29) is 53.8 Å². The molecule has 0 amide bonds. The lowest BCUT2D eigenvalue weighted by molar-refractivity contribution is -0.293. The molecule has 5 aliphatic rings. The summed E-state index contributed by atoms with van der Waals surface area (Å²) in [7, 11) is 0. The zero-order valence-electron chi connectivity index (χ0n) is 21.9. The Hall–Kier alpha value is -1.47. The zero-order chi connectivity index (χ0) is 27.8. The third-order valence-corrected chi connectivity index (χ3v) is 11.1. The van der Waals surface area contributed by atoms with Crippen LogP contribution in [0.15, 0.2) is 0 Å². The van der Waals surface area contributed by atoms with E-state index in [0.717, 1.165) is 19.3 Å². The van der Waals surface area contributed by atoms with Gasteiger partial charge in [0.15, 0.2) is 18.2 Å². The minimum Gasteiger partial charge on any atom is -0.479 e. The highest BCUT2D eigenvalue weighted by Crippen LogP contribution is 2.67. The number of ether oxygens (including phenoxy) is 2. The summed E-state index contributed by atoms with van der Waals surface area (Å²) in [5.41, 5.74) is -3.06. The first-order chi connectivity index (χ1) is 17.7. The van der Waals surface area contributed by atoms with Crippen molar-refractivity contribution in [3.8, 4) is 0 Å². The molecular weight excluding hydrogens is 500 g/mol. The fourth-order valence-electron chi connectivity index (χ4n) is 8.98. The minimum atomic E-state index is -1.89. The maximum absolute atomic E-state index is 13.8. The highest BCUT2D eigenvalue weighted by Gasteiger charge is 2.69. The van der Waals surface area contributed by atoms with Crippen LogP contribution in [0.4, 0.5) is 0 Å². The Bertz CT molecular complexity index is 986. The second-order valence-electron chi connectivity index (χ2n) is 12.9. The molecule has 1 heterocycles. The van der Waals surface area contributed by atoms with Crippen molar-refractivity contribution in [2.24, 2.45) is 34.5 Å². The number of ketones is 2. The van der Waals surface area contributed by atoms with Gasteiger partial charge in [0.25, 0.3) is 0 Å². The van der Waals surface area contributed by atoms with Crippen molar-refractivity contribution in [1.82, 2.24) is 0 Å². The van der Waals surface area contributed by atoms with E-state index in [1.165, 1.54) is 0 Å². The van der Waals surface area contributed by atoms with Gasteiger partial charge in [0.1, 0.15) is 36.3 Å². The largest absolute Gasteiger partial charge is 0.479 e. The van der Waals surface area contributed by atoms with E-state index in [1.54, 1.807) is 6.92 Å². The lowest BCUT2D eigenvalue weighted by Gasteiger charge is -2.60. The second-order valence-corrected chi connectivity index (χ2v) is 12.9. The Morgan fingerprint density at radius 1 is 1.00 bits per heavy atom. The fourth-order valence-corrected chi connectivity index (χ4v) is 8.98. The molecule has 0 aromatic carbocycles. The average Bonchev–Trinajstić information content (AvgIpc) is 3.13. The van der Waals surface area contributed by atoms with Gasteiger partial charge in [-0.3, -0.25) is 9.59 Å². The number of hydrogen-bond acceptors (Lipinski definition) is 10. The summed E-state index contributed by atoms with van der Waals surface area (Å²) < 4.78 is 10.5. The van der Waals surface area contributed by atoms with E-state index >= 15 is 0 Å². The number of rotatable bonds is 5. The number of carbonyl (C=O) groups is 3. The number of hydrogen-bond donors (Lipinski definition) is 6. The molecule has 214 valence electrons. The molecule has 4 aliphatic carbocycles. The predicted molar refractivity (Wildman–Crippen MR) is 128 cm³/mol. The number of Topliss-reactive ketones (excluding diaryl/α,β-unsaturated/α-hetero) is 2. The van der Waals surface area contributed by atoms with Crippen LogP contribution >= 0.6 is 0 Å². The smallest absolute Gasteiger partial charge is 0.335 e. The molecule has 4 saturated carbocycles. The molecule has 6 N–H and O–H groups in total. The molecule has 38 heavy (non-hydrogen) atoms. The van der Waals surface area contributed by atoms with E-state index in [2.05, 4.69) is 6.92 Å². The Morgan fingerprint density at radius 2 is 1.71 bits per heavy atom. The van der Waals surface area contributed by atoms with Crippen molar-refractivity contribution in [2.45, 2.75) is 108 Å². The van der Waals surface area contributed by atoms with E-state index in [0.29, 0.717) is 19.3 Å². The first-order valence-corrected chi connectivity index (χ1v) is 13.7. The third-order valence-electron chi connectivity index (χ3n) is 11.1. The molecule has 13 atom stereocenters. The third kappa shape index (κ3) is 4.00. The van der Waals surface area contributed by atoms with Gasteiger partial charge in [-0.25, -0.2) is 4.79 Å². The molecule has 1 saturated heterocycles. The number of carboxylic acid groups (broad SMARTS) is 1. The summed E-state index contributed by atoms with van der Waals surface area (Å²) in [5.74, 6) is -2.10. The molecule has 0 bridgehead atoms. The summed E-state index contributed by atoms with van der Waals surface area (Å²) >= 11 is 0. The Balaban J connectivity index is 1.32. The van der Waals surface area contributed by atoms with Gasteiger partial charge in [0, 0.05) is 17.8 Å². The van der Waals surface area contributed by atoms with Crippen LogP contribution < -0.4 is 0 Å². The van der Waals surface area contributed by atoms with Crippen LogP contribution in [0.5, 0.6) is 0 Å². The number of fused-ring (bicyclic) bond motifs is 5. The van der Waals surface area contributed by atoms with Crippen LogP contribution in [0.25, 0.3) is 0 Å². The van der Waals surface area contributed by atoms with E-state index in [9.17, 15) is 45.0 Å². The molecule has 1 aliphatic heterocycles. The maximum Gasteiger partial charge on any atom is 0.335 e. The van der Waals surface area contributed by atoms with Crippen LogP contribution in [0.2, 0.25) is 0 Å². The Morgan fingerprint density at radius 3 is 2.39 bits per heavy atom. The van der Waals surface area contributed by atoms with Crippen LogP contribution in [0.1, 0.15) is 65.2 Å². The summed E-state index contributed by atoms with van der Waals surface area (Å²) in [6, 6.07) is 0. The summed E-state index contributed by atoms with van der Waals surface area (Å²) in [6.07, 6.45) is -4.80. The Labute approximate surface area is 221 Å². The summed E-state index contributed by atoms with van der Waals surface area (Å²) in [4.78, 5) is 38.6. The number of aliphatic carboxylic acids is 1. The topological polar surface area (TPSA) is 191 Å². The molecule has 5 fully saturated rings. The van der Waals surface area contributed by atoms with Gasteiger partial charge < -0.3 is 40.1 Å². The highest BCUT2D eigenvalue weighted by atomic mass is 16.7. The van der Waals surface area contributed by atoms with Crippen LogP contribution in [0, 0.1) is 34.5 Å². The lowest BCUT2D eigenvalue weighted by atomic mass is 9.44. The van der Waals surface area contributed by atoms with Gasteiger partial charge in [0.2, 0.25) is 0 Å². The number of aliphatic hydroxyl groups is 5. The summed E-state index contributed by atoms with van der Waals surface area (Å²) in [6.45, 7) is 3.24. The van der Waals surface area contributed by atoms with E-state index < -0.39 is 60.1 Å². The van der Waals surface area contributed by atoms with Gasteiger partial charge in [-0.2, -0.15) is 0 Å². The quantitative estimate of drug-likeness (QED) is 0.270. The molecule has 0 aromatic rings. The molecule has 11 nitrogen and oxygen atoms in total. The van der Waals surface area contributed by atoms with Crippen LogP contribution in [-0.2, 0) is 23.9 Å². The lowest BCUT2D eigenvalue weighted by Crippen LogP contribution is -2.63. The van der Waals surface area contributed by atoms with Crippen molar-refractivity contribution < 1.29 is 54.5 Å². The van der Waals surface area contributed by atoms with Crippen molar-refractivity contribution >= 4 is 17.5 Å². The average molecular weight is 541 g/mol. The van der Waals surface area contributed by atoms with Crippen molar-refractivity contribution in [3.63, 3.8) is 0 Å². The van der Waals surface area contributed by atoms with Gasteiger partial charge in [-0.1, -0.05) is 13.8 Å². The molecule has 0 aromatic heterocycles. The van der Waals surface area contributed by atoms with Crippen molar-refractivity contribution in [1.29, 1.82) is 0 Å². The fraction of sp³-hybridized carbons (Fsp3) is 0.889. The first-order valence-electron chi connectivity index (χ1n) is 13.7. The zero-order valence-corrected chi connectivity index (χ0v) is 21.9. The minimum absolute atomic E-state index is 0.0388. The second kappa shape index (κ2) is 9.57. The Kier molecular flexibility index (Phi) is 7.07. The van der Waals surface area contributed by atoms with Crippen LogP contribution in [0.3, 0.4) is 0 Å². The molecule has 1 unspecified atom stereocenters. The number of carbonyl (C=O) groups excluding carboxylic acids is 2. The first kappa shape index (κ1) is 28.1. The molecule has 5 rings (SSSR count). The van der Waals surface area contributed by atoms with Gasteiger partial charge in [-0.15, -0.1) is 0 Å². The van der Waals surface area contributed by atoms with Gasteiger partial charge >= 0.3 is 5.97 Å². The standard InChI is InChI=1S/C27H40O11/c1-25-7-5-13(28)9-12(25)3-4-14-15-6-8-27(36,26(15,2)10-16(29)18(14)25)17(30)11-37-24-21(33)19(31)20(32)22(38-24)23(34)35/h12-15,18-22,24,28,31-33,36H,3-11H2,1-2H3,(H,34,35)/t12?,13-,14+,15+,18-,19+,20+,21-,22+,24-,25+,26+,27+/m1/s1. The SMILES string of the molecule is C[C@]12CC[C@@H](O)CC1CC[C@@H]1[C@@H]2C(=O)C[C@@]2(C)[C@H]1CC[C@]2(O)C(=O)CO[C@@H]1O[C@H](C(=O)O)[C@@H](O)[C@H](O)[C@H]1O. The molecule has 11 heteroatoms.